The van der Waals surface area contributed by atoms with E-state index in [-0.39, 0.29) is 17.8 Å². The smallest absolute Gasteiger partial charge is 0.338 e. The van der Waals surface area contributed by atoms with Gasteiger partial charge in [0.25, 0.3) is 0 Å². The number of aliphatic hydroxyl groups is 2. The standard InChI is InChI=1S/C22H24O8/c1-13-7-6-9-16(23)22(28)17(24)12-11-15-20(22)19(21(27)29-13)14(30-15)8-4-2-3-5-10-18(25)26/h2-5,8,10-13,15-16,20,23,28H,6-7,9H2,1H3,(H,25,26)/b3-2+,8-4+,10-5+/t13-,15-,16+,20+,22-/m0/s1. The Morgan fingerprint density at radius 1 is 1.17 bits per heavy atom. The van der Waals surface area contributed by atoms with Crippen molar-refractivity contribution in [2.45, 2.75) is 50.1 Å². The highest BCUT2D eigenvalue weighted by Crippen LogP contribution is 2.46. The Hall–Kier alpha value is -2.97. The van der Waals surface area contributed by atoms with Crippen LogP contribution in [0.3, 0.4) is 0 Å². The lowest BCUT2D eigenvalue weighted by Crippen LogP contribution is -2.60. The van der Waals surface area contributed by atoms with Gasteiger partial charge < -0.3 is 24.8 Å². The summed E-state index contributed by atoms with van der Waals surface area (Å²) in [6, 6.07) is 0. The molecule has 3 N–H and O–H groups in total. The minimum atomic E-state index is -2.19. The second-order valence-corrected chi connectivity index (χ2v) is 7.49. The molecule has 160 valence electrons. The van der Waals surface area contributed by atoms with Crippen LogP contribution in [0.25, 0.3) is 0 Å². The first-order valence-electron chi connectivity index (χ1n) is 9.74. The van der Waals surface area contributed by atoms with Gasteiger partial charge >= 0.3 is 11.9 Å². The van der Waals surface area contributed by atoms with E-state index in [0.717, 1.165) is 6.08 Å². The maximum absolute atomic E-state index is 12.9. The molecule has 0 spiro atoms. The molecular formula is C22H24O8. The third kappa shape index (κ3) is 4.15. The number of ketones is 1. The summed E-state index contributed by atoms with van der Waals surface area (Å²) in [5.41, 5.74) is -2.19. The van der Waals surface area contributed by atoms with Crippen LogP contribution in [0.2, 0.25) is 0 Å². The zero-order valence-corrected chi connectivity index (χ0v) is 16.4. The number of carbonyl (C=O) groups is 3. The summed E-state index contributed by atoms with van der Waals surface area (Å²) >= 11 is 0. The van der Waals surface area contributed by atoms with Crippen molar-refractivity contribution in [1.29, 1.82) is 0 Å². The number of aliphatic hydroxyl groups excluding tert-OH is 1. The number of hydrogen-bond donors (Lipinski definition) is 3. The number of carboxylic acids is 1. The third-order valence-electron chi connectivity index (χ3n) is 5.42. The van der Waals surface area contributed by atoms with Crippen LogP contribution in [0.15, 0.2) is 59.9 Å². The van der Waals surface area contributed by atoms with Gasteiger partial charge in [-0.1, -0.05) is 24.3 Å². The highest BCUT2D eigenvalue weighted by molar-refractivity contribution is 6.02. The number of carboxylic acid groups (broad SMARTS) is 1. The summed E-state index contributed by atoms with van der Waals surface area (Å²) in [5, 5.41) is 30.5. The Balaban J connectivity index is 2.01. The topological polar surface area (TPSA) is 130 Å². The molecule has 3 rings (SSSR count). The summed E-state index contributed by atoms with van der Waals surface area (Å²) < 4.78 is 11.3. The van der Waals surface area contributed by atoms with E-state index in [9.17, 15) is 24.6 Å². The first-order valence-corrected chi connectivity index (χ1v) is 9.74. The van der Waals surface area contributed by atoms with Gasteiger partial charge in [-0.2, -0.15) is 0 Å². The summed E-state index contributed by atoms with van der Waals surface area (Å²) in [5.74, 6) is -3.44. The van der Waals surface area contributed by atoms with E-state index >= 15 is 0 Å². The van der Waals surface area contributed by atoms with Gasteiger partial charge in [0.2, 0.25) is 0 Å². The third-order valence-corrected chi connectivity index (χ3v) is 5.42. The van der Waals surface area contributed by atoms with Crippen LogP contribution in [0.5, 0.6) is 0 Å². The lowest BCUT2D eigenvalue weighted by molar-refractivity contribution is -0.165. The van der Waals surface area contributed by atoms with Crippen molar-refractivity contribution in [3.63, 3.8) is 0 Å². The minimum absolute atomic E-state index is 0.00118. The van der Waals surface area contributed by atoms with Gasteiger partial charge in [0.05, 0.1) is 23.7 Å². The number of allylic oxidation sites excluding steroid dienone is 5. The molecule has 30 heavy (non-hydrogen) atoms. The molecular weight excluding hydrogens is 392 g/mol. The monoisotopic (exact) mass is 416 g/mol. The van der Waals surface area contributed by atoms with Crippen LogP contribution >= 0.6 is 0 Å². The number of rotatable bonds is 4. The molecule has 0 aromatic heterocycles. The van der Waals surface area contributed by atoms with Gasteiger partial charge in [-0.05, 0) is 44.4 Å². The maximum atomic E-state index is 12.9. The van der Waals surface area contributed by atoms with Crippen LogP contribution < -0.4 is 0 Å². The Morgan fingerprint density at radius 2 is 1.90 bits per heavy atom. The fourth-order valence-electron chi connectivity index (χ4n) is 3.95. The normalized spacial score (nSPS) is 34.5. The highest BCUT2D eigenvalue weighted by Gasteiger charge is 2.60. The summed E-state index contributed by atoms with van der Waals surface area (Å²) in [7, 11) is 0. The van der Waals surface area contributed by atoms with Gasteiger partial charge in [-0.3, -0.25) is 4.79 Å². The number of esters is 1. The lowest BCUT2D eigenvalue weighted by Gasteiger charge is -2.40. The molecule has 2 aliphatic heterocycles. The van der Waals surface area contributed by atoms with Crippen molar-refractivity contribution in [1.82, 2.24) is 0 Å². The molecule has 8 heteroatoms. The first-order chi connectivity index (χ1) is 14.2. The zero-order valence-electron chi connectivity index (χ0n) is 16.4. The zero-order chi connectivity index (χ0) is 21.9. The van der Waals surface area contributed by atoms with Gasteiger partial charge in [0, 0.05) is 6.08 Å². The van der Waals surface area contributed by atoms with E-state index in [1.165, 1.54) is 42.5 Å². The van der Waals surface area contributed by atoms with E-state index in [2.05, 4.69) is 0 Å². The van der Waals surface area contributed by atoms with E-state index in [0.29, 0.717) is 12.8 Å². The number of ether oxygens (including phenoxy) is 2. The highest BCUT2D eigenvalue weighted by atomic mass is 16.5. The molecule has 0 saturated carbocycles. The van der Waals surface area contributed by atoms with E-state index in [1.807, 2.05) is 0 Å². The van der Waals surface area contributed by atoms with E-state index in [1.54, 1.807) is 6.92 Å². The Bertz CT molecular complexity index is 878. The van der Waals surface area contributed by atoms with Crippen molar-refractivity contribution >= 4 is 17.7 Å². The van der Waals surface area contributed by atoms with Gasteiger partial charge in [0.1, 0.15) is 11.9 Å². The Labute approximate surface area is 173 Å². The summed E-state index contributed by atoms with van der Waals surface area (Å²) in [4.78, 5) is 36.0. The quantitative estimate of drug-likeness (QED) is 0.356. The summed E-state index contributed by atoms with van der Waals surface area (Å²) in [6.45, 7) is 1.74. The van der Waals surface area contributed by atoms with Crippen molar-refractivity contribution in [3.05, 3.63) is 59.9 Å². The summed E-state index contributed by atoms with van der Waals surface area (Å²) in [6.07, 6.45) is 9.52. The molecule has 1 aliphatic carbocycles. The largest absolute Gasteiger partial charge is 0.485 e. The maximum Gasteiger partial charge on any atom is 0.338 e. The first kappa shape index (κ1) is 21.7. The lowest BCUT2D eigenvalue weighted by atomic mass is 9.69. The molecule has 0 bridgehead atoms. The van der Waals surface area contributed by atoms with Gasteiger partial charge in [0.15, 0.2) is 11.4 Å². The van der Waals surface area contributed by atoms with Gasteiger partial charge in [-0.25, -0.2) is 9.59 Å². The van der Waals surface area contributed by atoms with Crippen LogP contribution in [0, 0.1) is 5.92 Å². The molecule has 2 heterocycles. The second kappa shape index (κ2) is 8.81. The number of aliphatic carboxylic acids is 1. The Morgan fingerprint density at radius 3 is 2.63 bits per heavy atom. The molecule has 0 aromatic rings. The SMILES string of the molecule is C[C@H]1CCC[C@@H](O)[C@]2(O)C(=O)C=C[C@@H]3OC(/C=C/C=C/C=C/C(=O)O)=C(C(=O)O1)[C@@H]32. The molecule has 3 aliphatic rings. The number of cyclic esters (lactones) is 1. The number of hydrogen-bond acceptors (Lipinski definition) is 7. The molecule has 0 aromatic carbocycles. The van der Waals surface area contributed by atoms with Crippen LogP contribution in [0.1, 0.15) is 26.2 Å². The van der Waals surface area contributed by atoms with Crippen LogP contribution in [0.4, 0.5) is 0 Å². The number of carbonyl (C=O) groups excluding carboxylic acids is 2. The van der Waals surface area contributed by atoms with Crippen LogP contribution in [-0.4, -0.2) is 57.0 Å². The fraction of sp³-hybridized carbons (Fsp3) is 0.409. The van der Waals surface area contributed by atoms with Crippen molar-refractivity contribution < 1.29 is 39.2 Å². The van der Waals surface area contributed by atoms with E-state index in [4.69, 9.17) is 14.6 Å². The molecule has 0 amide bonds. The minimum Gasteiger partial charge on any atom is -0.485 e. The van der Waals surface area contributed by atoms with E-state index < -0.39 is 47.6 Å². The van der Waals surface area contributed by atoms with Crippen molar-refractivity contribution in [3.8, 4) is 0 Å². The Kier molecular flexibility index (Phi) is 6.38. The second-order valence-electron chi connectivity index (χ2n) is 7.49. The fourth-order valence-corrected chi connectivity index (χ4v) is 3.95. The van der Waals surface area contributed by atoms with Gasteiger partial charge in [-0.15, -0.1) is 0 Å². The van der Waals surface area contributed by atoms with Crippen molar-refractivity contribution in [2.24, 2.45) is 5.92 Å². The molecule has 1 saturated heterocycles. The molecule has 0 radical (unpaired) electrons. The molecule has 1 fully saturated rings. The predicted molar refractivity (Wildman–Crippen MR) is 105 cm³/mol. The van der Waals surface area contributed by atoms with Crippen molar-refractivity contribution in [2.75, 3.05) is 0 Å². The average Bonchev–Trinajstić information content (AvgIpc) is 3.06. The molecule has 0 unspecified atom stereocenters. The molecule has 8 nitrogen and oxygen atoms in total. The molecule has 5 atom stereocenters. The predicted octanol–water partition coefficient (Wildman–Crippen LogP) is 1.36. The van der Waals surface area contributed by atoms with Crippen LogP contribution in [-0.2, 0) is 23.9 Å². The average molecular weight is 416 g/mol.